The van der Waals surface area contributed by atoms with Crippen molar-refractivity contribution < 1.29 is 23.9 Å². The lowest BCUT2D eigenvalue weighted by molar-refractivity contribution is -0.670. The number of thiazole rings is 1. The fraction of sp³-hybridized carbons (Fsp3) is 0.292. The number of aromatic nitrogens is 1. The SMILES string of the molecule is Cc1ccc2c(c1)N(CCO)/C(=C/C=C/c1sc3ccc(OCCF)cc3[n+]1CCO)S2. The molecule has 168 valence electrons. The molecule has 2 heterocycles. The number of benzene rings is 2. The van der Waals surface area contributed by atoms with Crippen molar-refractivity contribution >= 4 is 45.1 Å². The number of aryl methyl sites for hydroxylation is 1. The second kappa shape index (κ2) is 10.5. The highest BCUT2D eigenvalue weighted by atomic mass is 32.2. The monoisotopic (exact) mass is 473 g/mol. The lowest BCUT2D eigenvalue weighted by Crippen LogP contribution is -2.36. The minimum absolute atomic E-state index is 0.0167. The normalized spacial score (nSPS) is 14.8. The number of rotatable bonds is 9. The van der Waals surface area contributed by atoms with Crippen LogP contribution in [0.4, 0.5) is 10.1 Å². The molecule has 1 aliphatic rings. The van der Waals surface area contributed by atoms with Crippen molar-refractivity contribution in [1.29, 1.82) is 0 Å². The minimum Gasteiger partial charge on any atom is -0.491 e. The molecule has 0 fully saturated rings. The molecule has 0 amide bonds. The van der Waals surface area contributed by atoms with Crippen molar-refractivity contribution in [3.8, 4) is 5.75 Å². The fourth-order valence-corrected chi connectivity index (χ4v) is 5.82. The first-order valence-electron chi connectivity index (χ1n) is 10.5. The third-order valence-corrected chi connectivity index (χ3v) is 7.32. The van der Waals surface area contributed by atoms with Gasteiger partial charge in [0.2, 0.25) is 5.52 Å². The Morgan fingerprint density at radius 1 is 1.16 bits per heavy atom. The van der Waals surface area contributed by atoms with Crippen LogP contribution >= 0.6 is 23.1 Å². The second-order valence-corrected chi connectivity index (χ2v) is 9.42. The van der Waals surface area contributed by atoms with Crippen LogP contribution in [-0.4, -0.2) is 43.3 Å². The standard InChI is InChI=1S/C24H26FN2O3S2/c1-17-5-7-21-19(15-17)26(10-12-28)23(31-21)3-2-4-24-27(11-13-29)20-16-18(30-14-9-25)6-8-22(20)32-24/h2-8,15-16,28-29H,9-14H2,1H3/q+1. The van der Waals surface area contributed by atoms with Gasteiger partial charge in [0.15, 0.2) is 6.54 Å². The number of hydrogen-bond acceptors (Lipinski definition) is 6. The molecule has 3 aromatic rings. The molecule has 0 spiro atoms. The lowest BCUT2D eigenvalue weighted by atomic mass is 10.2. The number of alkyl halides is 1. The van der Waals surface area contributed by atoms with E-state index in [-0.39, 0.29) is 19.8 Å². The van der Waals surface area contributed by atoms with Crippen LogP contribution in [-0.2, 0) is 6.54 Å². The number of hydrogen-bond donors (Lipinski definition) is 2. The molecule has 0 saturated heterocycles. The van der Waals surface area contributed by atoms with Gasteiger partial charge in [-0.2, -0.15) is 4.57 Å². The van der Waals surface area contributed by atoms with Gasteiger partial charge in [-0.05, 0) is 42.8 Å². The summed E-state index contributed by atoms with van der Waals surface area (Å²) in [6, 6.07) is 12.1. The maximum atomic E-state index is 12.5. The summed E-state index contributed by atoms with van der Waals surface area (Å²) in [5, 5.41) is 21.2. The maximum absolute atomic E-state index is 12.5. The Morgan fingerprint density at radius 3 is 2.81 bits per heavy atom. The third-order valence-electron chi connectivity index (χ3n) is 5.06. The first-order chi connectivity index (χ1) is 15.6. The molecular weight excluding hydrogens is 447 g/mol. The summed E-state index contributed by atoms with van der Waals surface area (Å²) in [7, 11) is 0. The van der Waals surface area contributed by atoms with Crippen molar-refractivity contribution in [3.63, 3.8) is 0 Å². The van der Waals surface area contributed by atoms with Gasteiger partial charge in [0.05, 0.1) is 23.4 Å². The van der Waals surface area contributed by atoms with Crippen molar-refractivity contribution in [2.24, 2.45) is 0 Å². The molecule has 32 heavy (non-hydrogen) atoms. The summed E-state index contributed by atoms with van der Waals surface area (Å²) < 4.78 is 21.0. The first-order valence-corrected chi connectivity index (χ1v) is 12.1. The maximum Gasteiger partial charge on any atom is 0.262 e. The Hall–Kier alpha value is -2.39. The van der Waals surface area contributed by atoms with Gasteiger partial charge in [-0.3, -0.25) is 0 Å². The lowest BCUT2D eigenvalue weighted by Gasteiger charge is -2.19. The molecular formula is C24H26FN2O3S2+. The van der Waals surface area contributed by atoms with E-state index in [1.165, 1.54) is 10.5 Å². The van der Waals surface area contributed by atoms with Crippen LogP contribution < -0.4 is 14.2 Å². The third kappa shape index (κ3) is 4.83. The van der Waals surface area contributed by atoms with Gasteiger partial charge in [-0.1, -0.05) is 35.2 Å². The number of aliphatic hydroxyl groups excluding tert-OH is 2. The summed E-state index contributed by atoms with van der Waals surface area (Å²) in [5.74, 6) is 0.618. The van der Waals surface area contributed by atoms with E-state index in [9.17, 15) is 14.6 Å². The van der Waals surface area contributed by atoms with E-state index in [0.29, 0.717) is 18.8 Å². The van der Waals surface area contributed by atoms with Crippen molar-refractivity contribution in [2.45, 2.75) is 18.4 Å². The number of ether oxygens (including phenoxy) is 1. The van der Waals surface area contributed by atoms with Crippen molar-refractivity contribution in [1.82, 2.24) is 0 Å². The predicted molar refractivity (Wildman–Crippen MR) is 129 cm³/mol. The van der Waals surface area contributed by atoms with Gasteiger partial charge in [-0.25, -0.2) is 4.39 Å². The highest BCUT2D eigenvalue weighted by Crippen LogP contribution is 2.46. The van der Waals surface area contributed by atoms with Gasteiger partial charge in [0.1, 0.15) is 30.3 Å². The molecule has 4 rings (SSSR count). The van der Waals surface area contributed by atoms with E-state index in [4.69, 9.17) is 4.74 Å². The Kier molecular flexibility index (Phi) is 7.47. The van der Waals surface area contributed by atoms with Crippen LogP contribution in [0.2, 0.25) is 0 Å². The number of anilines is 1. The van der Waals surface area contributed by atoms with Crippen LogP contribution in [0, 0.1) is 6.92 Å². The van der Waals surface area contributed by atoms with Crippen molar-refractivity contribution in [2.75, 3.05) is 37.9 Å². The largest absolute Gasteiger partial charge is 0.491 e. The van der Waals surface area contributed by atoms with E-state index in [0.717, 1.165) is 25.9 Å². The van der Waals surface area contributed by atoms with Gasteiger partial charge < -0.3 is 19.8 Å². The van der Waals surface area contributed by atoms with E-state index in [1.54, 1.807) is 23.1 Å². The molecule has 2 N–H and O–H groups in total. The van der Waals surface area contributed by atoms with Gasteiger partial charge in [-0.15, -0.1) is 0 Å². The number of β-amino-alcohol motifs (C(OH)–C–C–N with tert-alkyl or cyclic N) is 1. The summed E-state index contributed by atoms with van der Waals surface area (Å²) in [6.07, 6.45) is 6.09. The summed E-state index contributed by atoms with van der Waals surface area (Å²) >= 11 is 3.32. The zero-order valence-electron chi connectivity index (χ0n) is 17.8. The van der Waals surface area contributed by atoms with Crippen LogP contribution in [0.5, 0.6) is 5.75 Å². The topological polar surface area (TPSA) is 56.8 Å². The van der Waals surface area contributed by atoms with Crippen LogP contribution in [0.15, 0.2) is 58.5 Å². The van der Waals surface area contributed by atoms with E-state index in [2.05, 4.69) is 36.1 Å². The Balaban J connectivity index is 1.63. The number of halogens is 1. The fourth-order valence-electron chi connectivity index (χ4n) is 3.66. The number of allylic oxidation sites excluding steroid dienone is 2. The van der Waals surface area contributed by atoms with Crippen LogP contribution in [0.25, 0.3) is 16.3 Å². The second-order valence-electron chi connectivity index (χ2n) is 7.30. The van der Waals surface area contributed by atoms with Crippen LogP contribution in [0.3, 0.4) is 0 Å². The zero-order chi connectivity index (χ0) is 22.5. The molecule has 0 atom stereocenters. The predicted octanol–water partition coefficient (Wildman–Crippen LogP) is 4.30. The number of nitrogens with zero attached hydrogens (tertiary/aromatic N) is 2. The molecule has 0 saturated carbocycles. The molecule has 0 unspecified atom stereocenters. The zero-order valence-corrected chi connectivity index (χ0v) is 19.5. The van der Waals surface area contributed by atoms with Gasteiger partial charge in [0, 0.05) is 17.5 Å². The Bertz CT molecular complexity index is 1160. The highest BCUT2D eigenvalue weighted by molar-refractivity contribution is 8.03. The summed E-state index contributed by atoms with van der Waals surface area (Å²) in [6.45, 7) is 2.66. The van der Waals surface area contributed by atoms with E-state index < -0.39 is 6.67 Å². The average molecular weight is 474 g/mol. The Labute approximate surface area is 195 Å². The Morgan fingerprint density at radius 2 is 2.03 bits per heavy atom. The van der Waals surface area contributed by atoms with Gasteiger partial charge >= 0.3 is 0 Å². The molecule has 2 aromatic carbocycles. The summed E-state index contributed by atoms with van der Waals surface area (Å²) in [5.41, 5.74) is 3.27. The number of fused-ring (bicyclic) bond motifs is 2. The van der Waals surface area contributed by atoms with Crippen molar-refractivity contribution in [3.05, 3.63) is 64.2 Å². The smallest absolute Gasteiger partial charge is 0.262 e. The van der Waals surface area contributed by atoms with Gasteiger partial charge in [0.25, 0.3) is 5.01 Å². The number of aliphatic hydroxyl groups is 2. The number of thioether (sulfide) groups is 1. The molecule has 1 aromatic heterocycles. The highest BCUT2D eigenvalue weighted by Gasteiger charge is 2.24. The van der Waals surface area contributed by atoms with E-state index in [1.807, 2.05) is 34.9 Å². The molecule has 8 heteroatoms. The first kappa shape index (κ1) is 22.8. The quantitative estimate of drug-likeness (QED) is 0.454. The molecule has 5 nitrogen and oxygen atoms in total. The molecule has 0 radical (unpaired) electrons. The molecule has 0 aliphatic carbocycles. The van der Waals surface area contributed by atoms with Crippen LogP contribution in [0.1, 0.15) is 10.6 Å². The molecule has 0 bridgehead atoms. The average Bonchev–Trinajstić information content (AvgIpc) is 3.30. The summed E-state index contributed by atoms with van der Waals surface area (Å²) in [4.78, 5) is 3.32. The van der Waals surface area contributed by atoms with E-state index >= 15 is 0 Å². The minimum atomic E-state index is -0.532. The molecule has 1 aliphatic heterocycles.